The van der Waals surface area contributed by atoms with Crippen molar-refractivity contribution in [3.63, 3.8) is 0 Å². The minimum Gasteiger partial charge on any atom is -0.310 e. The average molecular weight is 619 g/mol. The monoisotopic (exact) mass is 618 g/mol. The van der Waals surface area contributed by atoms with Crippen LogP contribution in [0.1, 0.15) is 28.7 Å². The topological polar surface area (TPSA) is 6.48 Å². The van der Waals surface area contributed by atoms with Gasteiger partial charge >= 0.3 is 0 Å². The lowest BCUT2D eigenvalue weighted by atomic mass is 9.92. The van der Waals surface area contributed by atoms with Crippen molar-refractivity contribution in [2.24, 2.45) is 0 Å². The van der Waals surface area contributed by atoms with E-state index in [1.165, 1.54) is 55.5 Å². The summed E-state index contributed by atoms with van der Waals surface area (Å²) < 4.78 is 0. The third kappa shape index (κ3) is 5.46. The fraction of sp³-hybridized carbons (Fsp3) is 0.0870. The molecule has 2 nitrogen and oxygen atoms in total. The molecular formula is C46H38N2. The van der Waals surface area contributed by atoms with Crippen LogP contribution in [-0.2, 0) is 6.42 Å². The minimum atomic E-state index is 1.08. The van der Waals surface area contributed by atoms with E-state index in [0.717, 1.165) is 35.6 Å². The number of nitrogens with zero attached hydrogens (tertiary/aromatic N) is 2. The number of allylic oxidation sites excluding steroid dienone is 1. The maximum absolute atomic E-state index is 2.42. The summed E-state index contributed by atoms with van der Waals surface area (Å²) in [7, 11) is 0. The molecule has 48 heavy (non-hydrogen) atoms. The van der Waals surface area contributed by atoms with Gasteiger partial charge in [-0.2, -0.15) is 0 Å². The van der Waals surface area contributed by atoms with Gasteiger partial charge in [0.25, 0.3) is 0 Å². The second kappa shape index (κ2) is 12.7. The SMILES string of the molecule is Cc1ccc2c(c1N(c1ccccc1)c1ccc(-c3ccc(N(c4ccccc4)c4c(C)ccc5ccccc45)cc3)cc1)C=CCC2. The van der Waals surface area contributed by atoms with Crippen molar-refractivity contribution < 1.29 is 0 Å². The van der Waals surface area contributed by atoms with E-state index in [2.05, 4.69) is 194 Å². The fourth-order valence-electron chi connectivity index (χ4n) is 7.14. The normalized spacial score (nSPS) is 12.1. The number of aryl methyl sites for hydroxylation is 3. The van der Waals surface area contributed by atoms with Gasteiger partial charge in [0.1, 0.15) is 0 Å². The molecule has 7 aromatic rings. The van der Waals surface area contributed by atoms with Crippen LogP contribution < -0.4 is 9.80 Å². The Morgan fingerprint density at radius 3 is 1.56 bits per heavy atom. The molecule has 0 aromatic heterocycles. The van der Waals surface area contributed by atoms with Crippen molar-refractivity contribution in [1.29, 1.82) is 0 Å². The van der Waals surface area contributed by atoms with Gasteiger partial charge in [-0.25, -0.2) is 0 Å². The smallest absolute Gasteiger partial charge is 0.0569 e. The van der Waals surface area contributed by atoms with Crippen LogP contribution in [-0.4, -0.2) is 0 Å². The molecule has 0 radical (unpaired) electrons. The van der Waals surface area contributed by atoms with Crippen molar-refractivity contribution in [1.82, 2.24) is 0 Å². The maximum atomic E-state index is 2.42. The Morgan fingerprint density at radius 1 is 0.438 bits per heavy atom. The second-order valence-electron chi connectivity index (χ2n) is 12.6. The molecule has 0 atom stereocenters. The van der Waals surface area contributed by atoms with E-state index in [9.17, 15) is 0 Å². The number of anilines is 6. The Balaban J connectivity index is 1.17. The van der Waals surface area contributed by atoms with E-state index in [-0.39, 0.29) is 0 Å². The highest BCUT2D eigenvalue weighted by molar-refractivity contribution is 6.00. The lowest BCUT2D eigenvalue weighted by Crippen LogP contribution is -2.14. The summed E-state index contributed by atoms with van der Waals surface area (Å²) in [4.78, 5) is 4.81. The molecule has 1 aliphatic rings. The van der Waals surface area contributed by atoms with Gasteiger partial charge in [0, 0.05) is 33.7 Å². The number of rotatable bonds is 7. The van der Waals surface area contributed by atoms with Gasteiger partial charge in [-0.15, -0.1) is 0 Å². The van der Waals surface area contributed by atoms with E-state index in [1.807, 2.05) is 0 Å². The van der Waals surface area contributed by atoms with Crippen LogP contribution in [0.15, 0.2) is 164 Å². The molecule has 0 heterocycles. The minimum absolute atomic E-state index is 1.08. The van der Waals surface area contributed by atoms with E-state index >= 15 is 0 Å². The van der Waals surface area contributed by atoms with E-state index in [0.29, 0.717) is 0 Å². The molecule has 0 bridgehead atoms. The van der Waals surface area contributed by atoms with Gasteiger partial charge in [0.15, 0.2) is 0 Å². The van der Waals surface area contributed by atoms with Crippen molar-refractivity contribution >= 4 is 51.0 Å². The first-order valence-corrected chi connectivity index (χ1v) is 16.8. The number of hydrogen-bond donors (Lipinski definition) is 0. The van der Waals surface area contributed by atoms with Crippen LogP contribution in [0.3, 0.4) is 0 Å². The molecule has 1 aliphatic carbocycles. The second-order valence-corrected chi connectivity index (χ2v) is 12.6. The Kier molecular flexibility index (Phi) is 7.84. The van der Waals surface area contributed by atoms with Crippen molar-refractivity contribution in [3.8, 4) is 11.1 Å². The molecule has 0 N–H and O–H groups in total. The van der Waals surface area contributed by atoms with Crippen molar-refractivity contribution in [2.45, 2.75) is 26.7 Å². The van der Waals surface area contributed by atoms with Crippen LogP contribution in [0.2, 0.25) is 0 Å². The number of para-hydroxylation sites is 2. The van der Waals surface area contributed by atoms with E-state index in [4.69, 9.17) is 0 Å². The first-order valence-electron chi connectivity index (χ1n) is 16.8. The summed E-state index contributed by atoms with van der Waals surface area (Å²) in [5.74, 6) is 0. The van der Waals surface area contributed by atoms with Gasteiger partial charge in [-0.3, -0.25) is 0 Å². The van der Waals surface area contributed by atoms with Gasteiger partial charge in [-0.05, 0) is 108 Å². The summed E-state index contributed by atoms with van der Waals surface area (Å²) >= 11 is 0. The predicted octanol–water partition coefficient (Wildman–Crippen LogP) is 13.0. The zero-order chi connectivity index (χ0) is 32.5. The predicted molar refractivity (Wildman–Crippen MR) is 206 cm³/mol. The molecule has 0 aliphatic heterocycles. The lowest BCUT2D eigenvalue weighted by Gasteiger charge is -2.30. The number of hydrogen-bond acceptors (Lipinski definition) is 2. The zero-order valence-corrected chi connectivity index (χ0v) is 27.5. The first kappa shape index (κ1) is 29.5. The standard InChI is InChI=1S/C46H38N2/c1-33-21-23-37-13-9-11-19-43(37)45(33)47(39-15-5-3-6-16-39)41-29-25-35(26-30-41)36-27-31-42(32-28-36)48(40-17-7-4-8-18-40)46-34(2)22-24-38-14-10-12-20-44(38)46/h3-9,11-13,15-32H,10,14H2,1-2H3. The molecule has 0 spiro atoms. The summed E-state index contributed by atoms with van der Waals surface area (Å²) in [5, 5.41) is 2.48. The van der Waals surface area contributed by atoms with Crippen molar-refractivity contribution in [3.05, 3.63) is 186 Å². The highest BCUT2D eigenvalue weighted by Gasteiger charge is 2.21. The maximum Gasteiger partial charge on any atom is 0.0569 e. The molecule has 232 valence electrons. The molecule has 0 fully saturated rings. The third-order valence-electron chi connectivity index (χ3n) is 9.54. The van der Waals surface area contributed by atoms with E-state index in [1.54, 1.807) is 0 Å². The zero-order valence-electron chi connectivity index (χ0n) is 27.5. The first-order chi connectivity index (χ1) is 23.7. The van der Waals surface area contributed by atoms with Gasteiger partial charge in [0.05, 0.1) is 11.4 Å². The van der Waals surface area contributed by atoms with Gasteiger partial charge < -0.3 is 9.80 Å². The summed E-state index contributed by atoms with van der Waals surface area (Å²) in [5.41, 5.74) is 14.7. The van der Waals surface area contributed by atoms with Crippen LogP contribution in [0, 0.1) is 13.8 Å². The largest absolute Gasteiger partial charge is 0.310 e. The molecular weight excluding hydrogens is 581 g/mol. The summed E-state index contributed by atoms with van der Waals surface area (Å²) in [6.07, 6.45) is 6.80. The molecule has 0 unspecified atom stereocenters. The Hall–Kier alpha value is -5.86. The highest BCUT2D eigenvalue weighted by Crippen LogP contribution is 2.44. The average Bonchev–Trinajstić information content (AvgIpc) is 3.15. The molecule has 7 aromatic carbocycles. The van der Waals surface area contributed by atoms with Crippen LogP contribution in [0.4, 0.5) is 34.1 Å². The van der Waals surface area contributed by atoms with E-state index < -0.39 is 0 Å². The molecule has 8 rings (SSSR count). The number of fused-ring (bicyclic) bond motifs is 2. The van der Waals surface area contributed by atoms with Crippen molar-refractivity contribution in [2.75, 3.05) is 9.80 Å². The Morgan fingerprint density at radius 2 is 0.938 bits per heavy atom. The number of benzene rings is 7. The van der Waals surface area contributed by atoms with Crippen LogP contribution in [0.5, 0.6) is 0 Å². The quantitative estimate of drug-likeness (QED) is 0.175. The molecule has 0 amide bonds. The Labute approximate surface area is 283 Å². The fourth-order valence-corrected chi connectivity index (χ4v) is 7.14. The van der Waals surface area contributed by atoms with Gasteiger partial charge in [0.2, 0.25) is 0 Å². The van der Waals surface area contributed by atoms with Gasteiger partial charge in [-0.1, -0.05) is 121 Å². The molecule has 2 heteroatoms. The third-order valence-corrected chi connectivity index (χ3v) is 9.54. The summed E-state index contributed by atoms with van der Waals surface area (Å²) in [6, 6.07) is 57.1. The van der Waals surface area contributed by atoms with Crippen LogP contribution in [0.25, 0.3) is 28.0 Å². The van der Waals surface area contributed by atoms with Crippen LogP contribution >= 0.6 is 0 Å². The molecule has 0 saturated carbocycles. The Bertz CT molecular complexity index is 2230. The lowest BCUT2D eigenvalue weighted by molar-refractivity contribution is 0.981. The highest BCUT2D eigenvalue weighted by atomic mass is 15.2. The molecule has 0 saturated heterocycles. The summed E-state index contributed by atoms with van der Waals surface area (Å²) in [6.45, 7) is 4.43.